The predicted molar refractivity (Wildman–Crippen MR) is 127 cm³/mol. The monoisotopic (exact) mass is 430 g/mol. The van der Waals surface area contributed by atoms with Gasteiger partial charge in [-0.15, -0.1) is 0 Å². The van der Waals surface area contributed by atoms with Gasteiger partial charge in [-0.2, -0.15) is 0 Å². The van der Waals surface area contributed by atoms with Gasteiger partial charge in [-0.25, -0.2) is 0 Å². The van der Waals surface area contributed by atoms with Gasteiger partial charge in [0.25, 0.3) is 0 Å². The Balaban J connectivity index is 1.56. The summed E-state index contributed by atoms with van der Waals surface area (Å²) in [6, 6.07) is 20.8. The zero-order chi connectivity index (χ0) is 22.3. The van der Waals surface area contributed by atoms with E-state index in [0.29, 0.717) is 18.8 Å². The second-order valence-corrected chi connectivity index (χ2v) is 7.39. The van der Waals surface area contributed by atoms with Crippen molar-refractivity contribution in [3.05, 3.63) is 83.9 Å². The Labute approximate surface area is 187 Å². The zero-order valence-electron chi connectivity index (χ0n) is 18.1. The molecular weight excluding hydrogens is 404 g/mol. The molecule has 1 aliphatic heterocycles. The molecule has 0 spiro atoms. The van der Waals surface area contributed by atoms with E-state index in [1.54, 1.807) is 14.2 Å². The van der Waals surface area contributed by atoms with Gasteiger partial charge in [0.05, 0.1) is 20.1 Å². The van der Waals surface area contributed by atoms with Crippen LogP contribution in [0.1, 0.15) is 17.0 Å². The van der Waals surface area contributed by atoms with Gasteiger partial charge in [0, 0.05) is 23.5 Å². The molecule has 3 aromatic rings. The van der Waals surface area contributed by atoms with Crippen molar-refractivity contribution in [2.75, 3.05) is 38.0 Å². The van der Waals surface area contributed by atoms with Crippen LogP contribution in [0.3, 0.4) is 0 Å². The van der Waals surface area contributed by atoms with Gasteiger partial charge in [0.2, 0.25) is 5.91 Å². The van der Waals surface area contributed by atoms with Crippen molar-refractivity contribution in [2.24, 2.45) is 0 Å². The molecule has 6 nitrogen and oxygen atoms in total. The number of carbonyl (C=O) groups excluding carboxylic acids is 1. The number of hydrogen-bond donors (Lipinski definition) is 2. The Hall–Kier alpha value is -3.93. The fourth-order valence-electron chi connectivity index (χ4n) is 3.55. The van der Waals surface area contributed by atoms with Gasteiger partial charge < -0.3 is 24.8 Å². The Morgan fingerprint density at radius 2 is 1.59 bits per heavy atom. The molecule has 0 bridgehead atoms. The van der Waals surface area contributed by atoms with Gasteiger partial charge in [-0.3, -0.25) is 4.79 Å². The van der Waals surface area contributed by atoms with Crippen LogP contribution in [0.2, 0.25) is 0 Å². The number of fused-ring (bicyclic) bond motifs is 1. The van der Waals surface area contributed by atoms with E-state index < -0.39 is 5.92 Å². The molecule has 1 heterocycles. The fourth-order valence-corrected chi connectivity index (χ4v) is 3.55. The van der Waals surface area contributed by atoms with Gasteiger partial charge in [0.1, 0.15) is 23.9 Å². The SMILES string of the molecule is COc1ccc(NCC(C(=O)Nc2ccc(OC)cc2)c2ccc3c(c2)C=CCO3)cc1. The van der Waals surface area contributed by atoms with E-state index in [9.17, 15) is 4.79 Å². The normalized spacial score (nSPS) is 12.8. The number of hydrogen-bond acceptors (Lipinski definition) is 5. The van der Waals surface area contributed by atoms with E-state index in [2.05, 4.69) is 10.6 Å². The molecule has 1 aliphatic rings. The molecular formula is C26H26N2O4. The molecule has 2 N–H and O–H groups in total. The van der Waals surface area contributed by atoms with Gasteiger partial charge in [0.15, 0.2) is 0 Å². The van der Waals surface area contributed by atoms with E-state index in [1.807, 2.05) is 78.9 Å². The number of amides is 1. The smallest absolute Gasteiger partial charge is 0.233 e. The lowest BCUT2D eigenvalue weighted by Crippen LogP contribution is -2.27. The summed E-state index contributed by atoms with van der Waals surface area (Å²) < 4.78 is 16.1. The lowest BCUT2D eigenvalue weighted by Gasteiger charge is -2.21. The molecule has 0 aliphatic carbocycles. The molecule has 0 saturated carbocycles. The van der Waals surface area contributed by atoms with E-state index in [-0.39, 0.29) is 5.91 Å². The van der Waals surface area contributed by atoms with E-state index in [0.717, 1.165) is 34.1 Å². The summed E-state index contributed by atoms with van der Waals surface area (Å²) in [5, 5.41) is 6.40. The van der Waals surface area contributed by atoms with Crippen LogP contribution >= 0.6 is 0 Å². The highest BCUT2D eigenvalue weighted by atomic mass is 16.5. The van der Waals surface area contributed by atoms with Gasteiger partial charge in [-0.05, 0) is 72.3 Å². The Morgan fingerprint density at radius 3 is 2.25 bits per heavy atom. The zero-order valence-corrected chi connectivity index (χ0v) is 18.1. The van der Waals surface area contributed by atoms with Crippen molar-refractivity contribution in [3.8, 4) is 17.2 Å². The van der Waals surface area contributed by atoms with Gasteiger partial charge in [-0.1, -0.05) is 12.1 Å². The Morgan fingerprint density at radius 1 is 0.938 bits per heavy atom. The van der Waals surface area contributed by atoms with Crippen molar-refractivity contribution in [1.82, 2.24) is 0 Å². The quantitative estimate of drug-likeness (QED) is 0.530. The molecule has 1 atom stereocenters. The summed E-state index contributed by atoms with van der Waals surface area (Å²) in [4.78, 5) is 13.3. The number of ether oxygens (including phenoxy) is 3. The first-order valence-corrected chi connectivity index (χ1v) is 10.4. The van der Waals surface area contributed by atoms with Crippen LogP contribution in [0.15, 0.2) is 72.8 Å². The summed E-state index contributed by atoms with van der Waals surface area (Å²) in [6.45, 7) is 0.991. The van der Waals surface area contributed by atoms with Gasteiger partial charge >= 0.3 is 0 Å². The van der Waals surface area contributed by atoms with Crippen LogP contribution in [-0.2, 0) is 4.79 Å². The average Bonchev–Trinajstić information content (AvgIpc) is 2.85. The highest BCUT2D eigenvalue weighted by Crippen LogP contribution is 2.29. The third-order valence-electron chi connectivity index (χ3n) is 5.34. The molecule has 0 aromatic heterocycles. The standard InChI is InChI=1S/C26H26N2O4/c1-30-22-10-6-20(7-11-22)27-17-24(18-5-14-25-19(16-18)4-3-15-32-25)26(29)28-21-8-12-23(31-2)13-9-21/h3-14,16,24,27H,15,17H2,1-2H3,(H,28,29). The summed E-state index contributed by atoms with van der Waals surface area (Å²) in [5.74, 6) is 1.83. The van der Waals surface area contributed by atoms with Crippen molar-refractivity contribution in [1.29, 1.82) is 0 Å². The third-order valence-corrected chi connectivity index (χ3v) is 5.34. The largest absolute Gasteiger partial charge is 0.497 e. The van der Waals surface area contributed by atoms with Crippen LogP contribution in [-0.4, -0.2) is 33.3 Å². The molecule has 4 rings (SSSR count). The van der Waals surface area contributed by atoms with Crippen molar-refractivity contribution in [2.45, 2.75) is 5.92 Å². The number of nitrogens with one attached hydrogen (secondary N) is 2. The number of anilines is 2. The highest BCUT2D eigenvalue weighted by molar-refractivity contribution is 5.96. The fraction of sp³-hybridized carbons (Fsp3) is 0.192. The molecule has 0 saturated heterocycles. The minimum absolute atomic E-state index is 0.100. The number of rotatable bonds is 8. The molecule has 1 amide bonds. The number of methoxy groups -OCH3 is 2. The predicted octanol–water partition coefficient (Wildman–Crippen LogP) is 4.94. The summed E-state index contributed by atoms with van der Waals surface area (Å²) in [5.41, 5.74) is 3.51. The second kappa shape index (κ2) is 9.92. The van der Waals surface area contributed by atoms with E-state index in [1.165, 1.54) is 0 Å². The van der Waals surface area contributed by atoms with Crippen LogP contribution in [0, 0.1) is 0 Å². The van der Waals surface area contributed by atoms with Crippen LogP contribution in [0.5, 0.6) is 17.2 Å². The molecule has 6 heteroatoms. The molecule has 3 aromatic carbocycles. The maximum absolute atomic E-state index is 13.3. The minimum atomic E-state index is -0.417. The molecule has 1 unspecified atom stereocenters. The molecule has 164 valence electrons. The third kappa shape index (κ3) is 5.03. The number of benzene rings is 3. The average molecular weight is 431 g/mol. The number of carbonyl (C=O) groups is 1. The summed E-state index contributed by atoms with van der Waals surface area (Å²) >= 11 is 0. The minimum Gasteiger partial charge on any atom is -0.497 e. The van der Waals surface area contributed by atoms with Crippen LogP contribution in [0.4, 0.5) is 11.4 Å². The van der Waals surface area contributed by atoms with Crippen LogP contribution < -0.4 is 24.8 Å². The molecule has 0 fully saturated rings. The topological polar surface area (TPSA) is 68.8 Å². The van der Waals surface area contributed by atoms with Crippen molar-refractivity contribution in [3.63, 3.8) is 0 Å². The van der Waals surface area contributed by atoms with Crippen molar-refractivity contribution < 1.29 is 19.0 Å². The Kier molecular flexibility index (Phi) is 6.60. The molecule has 0 radical (unpaired) electrons. The van der Waals surface area contributed by atoms with Crippen molar-refractivity contribution >= 4 is 23.4 Å². The first kappa shape index (κ1) is 21.3. The summed E-state index contributed by atoms with van der Waals surface area (Å²) in [7, 11) is 3.25. The highest BCUT2D eigenvalue weighted by Gasteiger charge is 2.22. The first-order valence-electron chi connectivity index (χ1n) is 10.4. The summed E-state index contributed by atoms with van der Waals surface area (Å²) in [6.07, 6.45) is 3.99. The maximum Gasteiger partial charge on any atom is 0.233 e. The molecule has 32 heavy (non-hydrogen) atoms. The first-order chi connectivity index (χ1) is 15.7. The lowest BCUT2D eigenvalue weighted by molar-refractivity contribution is -0.117. The van der Waals surface area contributed by atoms with E-state index >= 15 is 0 Å². The maximum atomic E-state index is 13.3. The Bertz CT molecular complexity index is 1090. The van der Waals surface area contributed by atoms with Crippen LogP contribution in [0.25, 0.3) is 6.08 Å². The lowest BCUT2D eigenvalue weighted by atomic mass is 9.95. The van der Waals surface area contributed by atoms with E-state index in [4.69, 9.17) is 14.2 Å². The second-order valence-electron chi connectivity index (χ2n) is 7.39.